The standard InChI is InChI=1S/C11H22N2O/c1-5-11(6-2,14-4)10-8-7-9-13(10)12-3/h10H,3,5-9H2,1-2,4H3. The maximum Gasteiger partial charge on any atom is 0.0892 e. The van der Waals surface area contributed by atoms with Crippen LogP contribution in [0.5, 0.6) is 0 Å². The van der Waals surface area contributed by atoms with E-state index in [0.29, 0.717) is 6.04 Å². The van der Waals surface area contributed by atoms with E-state index >= 15 is 0 Å². The van der Waals surface area contributed by atoms with Crippen molar-refractivity contribution in [2.75, 3.05) is 13.7 Å². The molecule has 0 spiro atoms. The fraction of sp³-hybridized carbons (Fsp3) is 0.909. The number of ether oxygens (including phenoxy) is 1. The Morgan fingerprint density at radius 2 is 2.14 bits per heavy atom. The van der Waals surface area contributed by atoms with Crippen LogP contribution >= 0.6 is 0 Å². The lowest BCUT2D eigenvalue weighted by Crippen LogP contribution is -2.48. The number of rotatable bonds is 5. The highest BCUT2D eigenvalue weighted by Gasteiger charge is 2.41. The van der Waals surface area contributed by atoms with Gasteiger partial charge in [-0.05, 0) is 25.7 Å². The Labute approximate surface area is 87.1 Å². The lowest BCUT2D eigenvalue weighted by atomic mass is 9.87. The summed E-state index contributed by atoms with van der Waals surface area (Å²) in [5.74, 6) is 0. The fourth-order valence-electron chi connectivity index (χ4n) is 2.60. The van der Waals surface area contributed by atoms with Gasteiger partial charge in [-0.3, -0.25) is 5.01 Å². The molecule has 0 aromatic heterocycles. The predicted octanol–water partition coefficient (Wildman–Crippen LogP) is 2.27. The van der Waals surface area contributed by atoms with Gasteiger partial charge in [-0.15, -0.1) is 0 Å². The van der Waals surface area contributed by atoms with Gasteiger partial charge in [0.15, 0.2) is 0 Å². The minimum absolute atomic E-state index is 0.0301. The maximum atomic E-state index is 5.72. The zero-order valence-electron chi connectivity index (χ0n) is 9.62. The molecular formula is C11H22N2O. The summed E-state index contributed by atoms with van der Waals surface area (Å²) in [5, 5.41) is 6.18. The first-order chi connectivity index (χ1) is 6.74. The van der Waals surface area contributed by atoms with Gasteiger partial charge in [-0.2, -0.15) is 5.10 Å². The molecule has 14 heavy (non-hydrogen) atoms. The largest absolute Gasteiger partial charge is 0.376 e. The van der Waals surface area contributed by atoms with Crippen LogP contribution in [0.25, 0.3) is 0 Å². The third-order valence-corrected chi connectivity index (χ3v) is 3.62. The second-order valence-corrected chi connectivity index (χ2v) is 3.94. The highest BCUT2D eigenvalue weighted by Crippen LogP contribution is 2.34. The first-order valence-corrected chi connectivity index (χ1v) is 5.52. The van der Waals surface area contributed by atoms with Crippen LogP contribution in [0.2, 0.25) is 0 Å². The molecule has 1 unspecified atom stereocenters. The highest BCUT2D eigenvalue weighted by molar-refractivity contribution is 5.23. The van der Waals surface area contributed by atoms with E-state index < -0.39 is 0 Å². The van der Waals surface area contributed by atoms with Gasteiger partial charge in [0, 0.05) is 20.4 Å². The zero-order chi connectivity index (χ0) is 10.6. The molecule has 1 aliphatic rings. The Bertz CT molecular complexity index is 181. The number of hydrogen-bond donors (Lipinski definition) is 0. The van der Waals surface area contributed by atoms with Crippen molar-refractivity contribution in [1.29, 1.82) is 0 Å². The van der Waals surface area contributed by atoms with Crippen molar-refractivity contribution in [2.45, 2.75) is 51.2 Å². The minimum Gasteiger partial charge on any atom is -0.376 e. The second-order valence-electron chi connectivity index (χ2n) is 3.94. The van der Waals surface area contributed by atoms with Crippen LogP contribution in [0, 0.1) is 0 Å². The number of hydrazone groups is 1. The lowest BCUT2D eigenvalue weighted by molar-refractivity contribution is -0.0729. The summed E-state index contributed by atoms with van der Waals surface area (Å²) in [7, 11) is 1.81. The number of nitrogens with zero attached hydrogens (tertiary/aromatic N) is 2. The molecule has 0 radical (unpaired) electrons. The molecule has 0 saturated carbocycles. The third kappa shape index (κ3) is 1.78. The Morgan fingerprint density at radius 3 is 2.57 bits per heavy atom. The Morgan fingerprint density at radius 1 is 1.50 bits per heavy atom. The molecule has 1 rings (SSSR count). The zero-order valence-corrected chi connectivity index (χ0v) is 9.62. The van der Waals surface area contributed by atoms with E-state index in [4.69, 9.17) is 4.74 Å². The first kappa shape index (κ1) is 11.5. The Kier molecular flexibility index (Phi) is 3.93. The van der Waals surface area contributed by atoms with Crippen LogP contribution in [-0.4, -0.2) is 37.0 Å². The summed E-state index contributed by atoms with van der Waals surface area (Å²) in [4.78, 5) is 0. The molecule has 0 aromatic carbocycles. The molecule has 1 saturated heterocycles. The van der Waals surface area contributed by atoms with Crippen molar-refractivity contribution in [3.05, 3.63) is 0 Å². The molecule has 0 aliphatic carbocycles. The second kappa shape index (κ2) is 4.78. The molecule has 0 aromatic rings. The Hall–Kier alpha value is -0.570. The summed E-state index contributed by atoms with van der Waals surface area (Å²) >= 11 is 0. The molecule has 1 aliphatic heterocycles. The molecule has 1 fully saturated rings. The van der Waals surface area contributed by atoms with Gasteiger partial charge in [0.25, 0.3) is 0 Å². The molecule has 82 valence electrons. The topological polar surface area (TPSA) is 24.8 Å². The van der Waals surface area contributed by atoms with Crippen molar-refractivity contribution in [3.8, 4) is 0 Å². The molecule has 3 heteroatoms. The van der Waals surface area contributed by atoms with E-state index in [9.17, 15) is 0 Å². The molecule has 0 amide bonds. The van der Waals surface area contributed by atoms with Gasteiger partial charge in [0.2, 0.25) is 0 Å². The molecule has 0 N–H and O–H groups in total. The molecule has 3 nitrogen and oxygen atoms in total. The Balaban J connectivity index is 2.81. The van der Waals surface area contributed by atoms with Crippen LogP contribution in [0.4, 0.5) is 0 Å². The van der Waals surface area contributed by atoms with Crippen molar-refractivity contribution >= 4 is 6.72 Å². The summed E-state index contributed by atoms with van der Waals surface area (Å²) in [5.41, 5.74) is -0.0301. The van der Waals surface area contributed by atoms with Crippen molar-refractivity contribution in [2.24, 2.45) is 5.10 Å². The monoisotopic (exact) mass is 198 g/mol. The van der Waals surface area contributed by atoms with Crippen LogP contribution in [-0.2, 0) is 4.74 Å². The first-order valence-electron chi connectivity index (χ1n) is 5.52. The summed E-state index contributed by atoms with van der Waals surface area (Å²) in [6, 6.07) is 0.417. The van der Waals surface area contributed by atoms with Crippen LogP contribution in [0.3, 0.4) is 0 Å². The van der Waals surface area contributed by atoms with Crippen molar-refractivity contribution < 1.29 is 4.74 Å². The average Bonchev–Trinajstić information content (AvgIpc) is 2.70. The average molecular weight is 198 g/mol. The van der Waals surface area contributed by atoms with E-state index in [2.05, 4.69) is 30.7 Å². The number of methoxy groups -OCH3 is 1. The fourth-order valence-corrected chi connectivity index (χ4v) is 2.60. The maximum absolute atomic E-state index is 5.72. The summed E-state index contributed by atoms with van der Waals surface area (Å²) in [6.45, 7) is 9.03. The number of hydrogen-bond acceptors (Lipinski definition) is 3. The van der Waals surface area contributed by atoms with Gasteiger partial charge in [-0.1, -0.05) is 13.8 Å². The van der Waals surface area contributed by atoms with E-state index in [0.717, 1.165) is 19.4 Å². The van der Waals surface area contributed by atoms with E-state index in [1.807, 2.05) is 7.11 Å². The quantitative estimate of drug-likeness (QED) is 0.633. The van der Waals surface area contributed by atoms with Crippen LogP contribution in [0.15, 0.2) is 5.10 Å². The van der Waals surface area contributed by atoms with E-state index in [-0.39, 0.29) is 5.60 Å². The smallest absolute Gasteiger partial charge is 0.0892 e. The van der Waals surface area contributed by atoms with Gasteiger partial charge >= 0.3 is 0 Å². The summed E-state index contributed by atoms with van der Waals surface area (Å²) in [6.07, 6.45) is 4.46. The molecule has 1 atom stereocenters. The van der Waals surface area contributed by atoms with Gasteiger partial charge in [0.1, 0.15) is 0 Å². The lowest BCUT2D eigenvalue weighted by Gasteiger charge is -2.39. The SMILES string of the molecule is C=NN1CCCC1C(CC)(CC)OC. The summed E-state index contributed by atoms with van der Waals surface area (Å²) < 4.78 is 5.72. The van der Waals surface area contributed by atoms with Gasteiger partial charge in [-0.25, -0.2) is 0 Å². The predicted molar refractivity (Wildman–Crippen MR) is 59.6 cm³/mol. The van der Waals surface area contributed by atoms with Gasteiger partial charge < -0.3 is 4.74 Å². The highest BCUT2D eigenvalue weighted by atomic mass is 16.5. The van der Waals surface area contributed by atoms with Crippen molar-refractivity contribution in [3.63, 3.8) is 0 Å². The molecule has 0 bridgehead atoms. The van der Waals surface area contributed by atoms with Gasteiger partial charge in [0.05, 0.1) is 11.6 Å². The molecular weight excluding hydrogens is 176 g/mol. The molecule has 1 heterocycles. The van der Waals surface area contributed by atoms with Crippen molar-refractivity contribution in [1.82, 2.24) is 5.01 Å². The van der Waals surface area contributed by atoms with Crippen LogP contribution < -0.4 is 0 Å². The van der Waals surface area contributed by atoms with E-state index in [1.54, 1.807) is 0 Å². The minimum atomic E-state index is -0.0301. The van der Waals surface area contributed by atoms with Crippen LogP contribution in [0.1, 0.15) is 39.5 Å². The third-order valence-electron chi connectivity index (χ3n) is 3.62. The van der Waals surface area contributed by atoms with E-state index in [1.165, 1.54) is 12.8 Å². The normalized spacial score (nSPS) is 22.8.